The van der Waals surface area contributed by atoms with Gasteiger partial charge < -0.3 is 9.97 Å². The lowest BCUT2D eigenvalue weighted by atomic mass is 9.72. The molecule has 0 aliphatic carbocycles. The van der Waals surface area contributed by atoms with Crippen molar-refractivity contribution in [1.82, 2.24) is 19.9 Å². The molecule has 0 atom stereocenters. The molecule has 6 heteroatoms. The summed E-state index contributed by atoms with van der Waals surface area (Å²) in [5.74, 6) is 0. The van der Waals surface area contributed by atoms with E-state index in [2.05, 4.69) is 146 Å². The Morgan fingerprint density at radius 2 is 0.762 bits per heavy atom. The number of benzene rings is 4. The highest BCUT2D eigenvalue weighted by molar-refractivity contribution is 6.00. The van der Waals surface area contributed by atoms with E-state index >= 15 is 0 Å². The summed E-state index contributed by atoms with van der Waals surface area (Å²) in [6.07, 6.45) is 16.6. The van der Waals surface area contributed by atoms with E-state index in [0.29, 0.717) is 11.1 Å². The van der Waals surface area contributed by atoms with E-state index in [1.165, 1.54) is 5.56 Å². The number of aromatic nitrogens is 4. The van der Waals surface area contributed by atoms with Gasteiger partial charge >= 0.3 is 0 Å². The Labute approximate surface area is 367 Å². The normalized spacial score (nSPS) is 11.8. The van der Waals surface area contributed by atoms with Crippen LogP contribution in [0.3, 0.4) is 0 Å². The van der Waals surface area contributed by atoms with Crippen molar-refractivity contribution in [3.8, 4) is 56.6 Å². The quantitative estimate of drug-likeness (QED) is 0.127. The van der Waals surface area contributed by atoms with E-state index in [0.717, 1.165) is 114 Å². The number of aromatic amines is 2. The van der Waals surface area contributed by atoms with Crippen molar-refractivity contribution in [3.05, 3.63) is 204 Å². The first-order chi connectivity index (χ1) is 30.8. The lowest BCUT2D eigenvalue weighted by Gasteiger charge is -2.32. The highest BCUT2D eigenvalue weighted by Crippen LogP contribution is 2.41. The largest absolute Gasteiger partial charge is 0.354 e. The number of nitriles is 2. The first kappa shape index (κ1) is 40.1. The van der Waals surface area contributed by atoms with Gasteiger partial charge in [-0.3, -0.25) is 0 Å². The average molecular weight is 813 g/mol. The highest BCUT2D eigenvalue weighted by atomic mass is 14.8. The van der Waals surface area contributed by atoms with Gasteiger partial charge in [0.25, 0.3) is 0 Å². The van der Waals surface area contributed by atoms with E-state index < -0.39 is 0 Å². The van der Waals surface area contributed by atoms with Crippen molar-refractivity contribution < 1.29 is 0 Å². The van der Waals surface area contributed by atoms with Crippen LogP contribution in [0.2, 0.25) is 0 Å². The zero-order valence-electron chi connectivity index (χ0n) is 35.1. The number of nitrogens with one attached hydrogen (secondary N) is 2. The maximum atomic E-state index is 9.70. The molecule has 7 aromatic rings. The Morgan fingerprint density at radius 1 is 0.460 bits per heavy atom. The number of aryl methyl sites for hydroxylation is 1. The highest BCUT2D eigenvalue weighted by Gasteiger charge is 2.29. The van der Waals surface area contributed by atoms with Crippen LogP contribution in [0.1, 0.15) is 64.3 Å². The molecular weight excluding hydrogens is 769 g/mol. The number of fused-ring (bicyclic) bond motifs is 8. The molecule has 63 heavy (non-hydrogen) atoms. The van der Waals surface area contributed by atoms with Crippen molar-refractivity contribution in [2.45, 2.75) is 31.6 Å². The molecule has 5 heterocycles. The molecule has 302 valence electrons. The Morgan fingerprint density at radius 3 is 1.06 bits per heavy atom. The van der Waals surface area contributed by atoms with E-state index in [-0.39, 0.29) is 5.41 Å². The lowest BCUT2D eigenvalue weighted by molar-refractivity contribution is 0.442. The smallest absolute Gasteiger partial charge is 0.0991 e. The van der Waals surface area contributed by atoms with Crippen LogP contribution in [0.4, 0.5) is 0 Å². The minimum Gasteiger partial charge on any atom is -0.354 e. The summed E-state index contributed by atoms with van der Waals surface area (Å²) < 4.78 is 0. The fourth-order valence-electron chi connectivity index (χ4n) is 8.99. The monoisotopic (exact) mass is 812 g/mol. The van der Waals surface area contributed by atoms with Crippen LogP contribution in [0, 0.1) is 29.6 Å². The molecule has 0 radical (unpaired) electrons. The van der Waals surface area contributed by atoms with Gasteiger partial charge in [-0.1, -0.05) is 96.6 Å². The second kappa shape index (κ2) is 17.0. The molecule has 8 bridgehead atoms. The zero-order valence-corrected chi connectivity index (χ0v) is 35.1. The number of allylic oxidation sites excluding steroid dienone is 3. The van der Waals surface area contributed by atoms with Gasteiger partial charge in [-0.2, -0.15) is 10.5 Å². The van der Waals surface area contributed by atoms with Gasteiger partial charge in [-0.15, -0.1) is 19.7 Å². The number of hydrogen-bond acceptors (Lipinski definition) is 4. The fourth-order valence-corrected chi connectivity index (χ4v) is 8.99. The summed E-state index contributed by atoms with van der Waals surface area (Å²) in [6.45, 7) is 14.4. The van der Waals surface area contributed by atoms with Crippen LogP contribution in [-0.4, -0.2) is 19.9 Å². The molecule has 6 nitrogen and oxygen atoms in total. The molecule has 0 spiro atoms. The summed E-state index contributed by atoms with van der Waals surface area (Å²) >= 11 is 0. The topological polar surface area (TPSA) is 105 Å². The SMILES string of the molecule is C=CCC(CC=C)(CC=C)c1ccc(-c2c3nc(c(-c4ccc(C#N)cc4)c4ccc([nH]4)c(-c4ccc(C)cc4)c4nc(c(-c5ccc(C#N)cc5)c5ccc2[nH]5)C=C4)C=C3)cc1. The summed E-state index contributed by atoms with van der Waals surface area (Å²) in [7, 11) is 0. The van der Waals surface area contributed by atoms with E-state index in [1.807, 2.05) is 66.8 Å². The van der Waals surface area contributed by atoms with Gasteiger partial charge in [0.15, 0.2) is 0 Å². The van der Waals surface area contributed by atoms with Crippen molar-refractivity contribution in [2.24, 2.45) is 0 Å². The van der Waals surface area contributed by atoms with Crippen molar-refractivity contribution in [1.29, 1.82) is 10.5 Å². The Balaban J connectivity index is 1.40. The first-order valence-corrected chi connectivity index (χ1v) is 21.0. The Bertz CT molecular complexity index is 3170. The average Bonchev–Trinajstić information content (AvgIpc) is 4.16. The summed E-state index contributed by atoms with van der Waals surface area (Å²) in [5, 5.41) is 19.4. The van der Waals surface area contributed by atoms with Crippen molar-refractivity contribution in [3.63, 3.8) is 0 Å². The predicted octanol–water partition coefficient (Wildman–Crippen LogP) is 14.3. The lowest BCUT2D eigenvalue weighted by Crippen LogP contribution is -2.24. The maximum absolute atomic E-state index is 9.70. The number of nitrogens with zero attached hydrogens (tertiary/aromatic N) is 4. The summed E-state index contributed by atoms with van der Waals surface area (Å²) in [5.41, 5.74) is 17.6. The number of rotatable bonds is 11. The minimum atomic E-state index is -0.201. The molecule has 4 aromatic carbocycles. The van der Waals surface area contributed by atoms with E-state index in [9.17, 15) is 10.5 Å². The number of H-pyrrole nitrogens is 2. The molecule has 2 N–H and O–H groups in total. The minimum absolute atomic E-state index is 0.201. The van der Waals surface area contributed by atoms with Crippen molar-refractivity contribution in [2.75, 3.05) is 0 Å². The molecule has 0 amide bonds. The molecule has 0 saturated heterocycles. The molecule has 0 fully saturated rings. The fraction of sp³-hybridized carbons (Fsp3) is 0.0877. The van der Waals surface area contributed by atoms with Crippen LogP contribution in [0.25, 0.3) is 90.9 Å². The third-order valence-electron chi connectivity index (χ3n) is 12.1. The molecular formula is C57H44N6. The van der Waals surface area contributed by atoms with E-state index in [1.54, 1.807) is 0 Å². The molecule has 3 aromatic heterocycles. The van der Waals surface area contributed by atoms with Crippen molar-refractivity contribution >= 4 is 46.4 Å². The predicted molar refractivity (Wildman–Crippen MR) is 261 cm³/mol. The van der Waals surface area contributed by atoms with Crippen LogP contribution in [-0.2, 0) is 5.41 Å². The van der Waals surface area contributed by atoms with Crippen LogP contribution in [0.5, 0.6) is 0 Å². The summed E-state index contributed by atoms with van der Waals surface area (Å²) in [4.78, 5) is 18.5. The Hall–Kier alpha value is -8.32. The van der Waals surface area contributed by atoms with Gasteiger partial charge in [0, 0.05) is 49.7 Å². The van der Waals surface area contributed by atoms with Gasteiger partial charge in [-0.05, 0) is 127 Å². The molecule has 9 rings (SSSR count). The summed E-state index contributed by atoms with van der Waals surface area (Å²) in [6, 6.07) is 45.6. The molecule has 0 saturated carbocycles. The van der Waals surface area contributed by atoms with Gasteiger partial charge in [0.1, 0.15) is 0 Å². The standard InChI is InChI=1S/C57H44N6/c1-5-32-57(33-6-2,34-7-3)44-22-20-43(21-23-44)56-51-30-28-49(62-51)54(41-16-10-38(35-58)11-17-41)47-26-24-45(60-47)53(40-14-8-37(4)9-15-40)46-25-27-48(61-46)55(50-29-31-52(56)63-50)42-18-12-39(36-59)13-19-42/h5-31,60,63H,1-3,32-34H2,4H3. The molecule has 0 unspecified atom stereocenters. The Kier molecular flexibility index (Phi) is 10.8. The van der Waals surface area contributed by atoms with Crippen LogP contribution < -0.4 is 0 Å². The first-order valence-electron chi connectivity index (χ1n) is 21.0. The third-order valence-corrected chi connectivity index (χ3v) is 12.1. The van der Waals surface area contributed by atoms with Crippen LogP contribution in [0.15, 0.2) is 159 Å². The van der Waals surface area contributed by atoms with E-state index in [4.69, 9.17) is 9.97 Å². The third kappa shape index (κ3) is 7.56. The van der Waals surface area contributed by atoms with Gasteiger partial charge in [-0.25, -0.2) is 9.97 Å². The van der Waals surface area contributed by atoms with Gasteiger partial charge in [0.2, 0.25) is 0 Å². The maximum Gasteiger partial charge on any atom is 0.0991 e. The zero-order chi connectivity index (χ0) is 43.5. The molecule has 2 aliphatic heterocycles. The number of hydrogen-bond donors (Lipinski definition) is 2. The van der Waals surface area contributed by atoms with Gasteiger partial charge in [0.05, 0.1) is 46.0 Å². The van der Waals surface area contributed by atoms with Crippen LogP contribution >= 0.6 is 0 Å². The second-order valence-electron chi connectivity index (χ2n) is 16.1. The molecule has 2 aliphatic rings. The second-order valence-corrected chi connectivity index (χ2v) is 16.1.